The van der Waals surface area contributed by atoms with Crippen molar-refractivity contribution in [3.8, 4) is 0 Å². The smallest absolute Gasteiger partial charge is 0.325 e. The van der Waals surface area contributed by atoms with Crippen molar-refractivity contribution >= 4 is 21.8 Å². The molecule has 0 aromatic carbocycles. The van der Waals surface area contributed by atoms with Gasteiger partial charge in [-0.15, -0.1) is 0 Å². The van der Waals surface area contributed by atoms with Gasteiger partial charge in [-0.1, -0.05) is 0 Å². The third-order valence-electron chi connectivity index (χ3n) is 3.17. The van der Waals surface area contributed by atoms with E-state index in [-0.39, 0.29) is 4.90 Å². The molecule has 1 aromatic heterocycles. The van der Waals surface area contributed by atoms with E-state index in [0.717, 1.165) is 12.8 Å². The van der Waals surface area contributed by atoms with Gasteiger partial charge in [0.05, 0.1) is 0 Å². The molecule has 0 aliphatic carbocycles. The van der Waals surface area contributed by atoms with Gasteiger partial charge in [-0.3, -0.25) is 4.79 Å². The summed E-state index contributed by atoms with van der Waals surface area (Å²) >= 11 is 0. The fraction of sp³-hybridized carbons (Fsp3) is 0.500. The Kier molecular flexibility index (Phi) is 4.24. The Morgan fingerprint density at radius 1 is 1.40 bits per heavy atom. The average molecular weight is 299 g/mol. The Morgan fingerprint density at radius 3 is 2.55 bits per heavy atom. The largest absolute Gasteiger partial charge is 0.480 e. The van der Waals surface area contributed by atoms with Gasteiger partial charge < -0.3 is 10.4 Å². The molecule has 7 nitrogen and oxygen atoms in total. The lowest BCUT2D eigenvalue weighted by molar-refractivity contribution is -0.137. The molecule has 0 spiro atoms. The number of carboxylic acids is 1. The maximum atomic E-state index is 12.2. The molecule has 20 heavy (non-hydrogen) atoms. The first kappa shape index (κ1) is 14.7. The van der Waals surface area contributed by atoms with E-state index in [1.165, 1.54) is 29.6 Å². The number of aromatic nitrogens is 1. The molecule has 110 valence electrons. The van der Waals surface area contributed by atoms with Crippen LogP contribution in [0.1, 0.15) is 19.8 Å². The second-order valence-electron chi connectivity index (χ2n) is 4.69. The van der Waals surface area contributed by atoms with E-state index in [1.807, 2.05) is 0 Å². The lowest BCUT2D eigenvalue weighted by Gasteiger charge is -2.15. The Hall–Kier alpha value is -1.67. The zero-order valence-corrected chi connectivity index (χ0v) is 11.9. The van der Waals surface area contributed by atoms with Crippen LogP contribution in [-0.4, -0.2) is 47.9 Å². The molecule has 1 aliphatic heterocycles. The van der Waals surface area contributed by atoms with Crippen molar-refractivity contribution in [1.29, 1.82) is 0 Å². The third-order valence-corrected chi connectivity index (χ3v) is 5.06. The first-order chi connectivity index (χ1) is 9.41. The minimum Gasteiger partial charge on any atom is -0.480 e. The van der Waals surface area contributed by atoms with Gasteiger partial charge in [-0.2, -0.15) is 4.31 Å². The molecule has 1 unspecified atom stereocenters. The standard InChI is InChI=1S/C12H17N3O4S/c1-9(12(16)17)14-11-5-4-10(8-13-11)20(18,19)15-6-2-3-7-15/h4-5,8-9H,2-3,6-7H2,1H3,(H,13,14)(H,16,17). The number of anilines is 1. The summed E-state index contributed by atoms with van der Waals surface area (Å²) in [6, 6.07) is 2.13. The monoisotopic (exact) mass is 299 g/mol. The SMILES string of the molecule is CC(Nc1ccc(S(=O)(=O)N2CCCC2)cn1)C(=O)O. The Bertz CT molecular complexity index is 579. The number of nitrogens with zero attached hydrogens (tertiary/aromatic N) is 2. The molecule has 0 saturated carbocycles. The average Bonchev–Trinajstić information content (AvgIpc) is 2.93. The van der Waals surface area contributed by atoms with Crippen LogP contribution in [-0.2, 0) is 14.8 Å². The van der Waals surface area contributed by atoms with E-state index in [0.29, 0.717) is 18.9 Å². The van der Waals surface area contributed by atoms with Crippen LogP contribution in [0.5, 0.6) is 0 Å². The van der Waals surface area contributed by atoms with Crippen LogP contribution >= 0.6 is 0 Å². The highest BCUT2D eigenvalue weighted by atomic mass is 32.2. The van der Waals surface area contributed by atoms with Crippen molar-refractivity contribution in [2.24, 2.45) is 0 Å². The summed E-state index contributed by atoms with van der Waals surface area (Å²) in [5.41, 5.74) is 0. The molecule has 1 fully saturated rings. The summed E-state index contributed by atoms with van der Waals surface area (Å²) in [7, 11) is -3.47. The molecule has 2 N–H and O–H groups in total. The van der Waals surface area contributed by atoms with Crippen molar-refractivity contribution in [1.82, 2.24) is 9.29 Å². The van der Waals surface area contributed by atoms with Gasteiger partial charge in [-0.05, 0) is 31.9 Å². The Balaban J connectivity index is 2.13. The topological polar surface area (TPSA) is 99.6 Å². The summed E-state index contributed by atoms with van der Waals surface area (Å²) in [5, 5.41) is 11.4. The van der Waals surface area contributed by atoms with Crippen LogP contribution in [0, 0.1) is 0 Å². The molecule has 1 saturated heterocycles. The number of pyridine rings is 1. The van der Waals surface area contributed by atoms with Crippen molar-refractivity contribution in [2.75, 3.05) is 18.4 Å². The number of carbonyl (C=O) groups is 1. The normalized spacial score (nSPS) is 17.9. The number of sulfonamides is 1. The van der Waals surface area contributed by atoms with Crippen LogP contribution in [0.4, 0.5) is 5.82 Å². The lowest BCUT2D eigenvalue weighted by atomic mass is 10.3. The fourth-order valence-electron chi connectivity index (χ4n) is 1.98. The van der Waals surface area contributed by atoms with E-state index in [9.17, 15) is 13.2 Å². The minimum absolute atomic E-state index is 0.132. The molecule has 0 radical (unpaired) electrons. The highest BCUT2D eigenvalue weighted by Crippen LogP contribution is 2.20. The van der Waals surface area contributed by atoms with Gasteiger partial charge in [0.25, 0.3) is 0 Å². The van der Waals surface area contributed by atoms with Gasteiger partial charge >= 0.3 is 5.97 Å². The number of carboxylic acid groups (broad SMARTS) is 1. The summed E-state index contributed by atoms with van der Waals surface area (Å²) in [6.45, 7) is 2.57. The van der Waals surface area contributed by atoms with Crippen LogP contribution in [0.2, 0.25) is 0 Å². The quantitative estimate of drug-likeness (QED) is 0.832. The zero-order chi connectivity index (χ0) is 14.8. The number of hydrogen-bond donors (Lipinski definition) is 2. The van der Waals surface area contributed by atoms with Gasteiger partial charge in [0.2, 0.25) is 10.0 Å². The predicted octanol–water partition coefficient (Wildman–Crippen LogP) is 0.751. The van der Waals surface area contributed by atoms with Crippen molar-refractivity contribution in [2.45, 2.75) is 30.7 Å². The first-order valence-corrected chi connectivity index (χ1v) is 7.81. The summed E-state index contributed by atoms with van der Waals surface area (Å²) in [4.78, 5) is 14.8. The predicted molar refractivity (Wildman–Crippen MR) is 73.0 cm³/mol. The third kappa shape index (κ3) is 3.07. The fourth-order valence-corrected chi connectivity index (χ4v) is 3.44. The maximum absolute atomic E-state index is 12.2. The lowest BCUT2D eigenvalue weighted by Crippen LogP contribution is -2.28. The van der Waals surface area contributed by atoms with Crippen molar-refractivity contribution in [3.05, 3.63) is 18.3 Å². The molecule has 2 rings (SSSR count). The minimum atomic E-state index is -3.47. The molecule has 0 bridgehead atoms. The van der Waals surface area contributed by atoms with E-state index in [1.54, 1.807) is 0 Å². The van der Waals surface area contributed by atoms with E-state index >= 15 is 0 Å². The Labute approximate surface area is 117 Å². The summed E-state index contributed by atoms with van der Waals surface area (Å²) < 4.78 is 25.9. The van der Waals surface area contributed by atoms with Gasteiger partial charge in [0, 0.05) is 19.3 Å². The van der Waals surface area contributed by atoms with Crippen molar-refractivity contribution < 1.29 is 18.3 Å². The molecule has 1 aromatic rings. The van der Waals surface area contributed by atoms with Crippen LogP contribution in [0.15, 0.2) is 23.2 Å². The van der Waals surface area contributed by atoms with E-state index in [4.69, 9.17) is 5.11 Å². The Morgan fingerprint density at radius 2 is 2.05 bits per heavy atom. The van der Waals surface area contributed by atoms with Crippen LogP contribution in [0.3, 0.4) is 0 Å². The maximum Gasteiger partial charge on any atom is 0.325 e. The highest BCUT2D eigenvalue weighted by Gasteiger charge is 2.27. The summed E-state index contributed by atoms with van der Waals surface area (Å²) in [5.74, 6) is -0.666. The summed E-state index contributed by atoms with van der Waals surface area (Å²) in [6.07, 6.45) is 3.01. The first-order valence-electron chi connectivity index (χ1n) is 6.37. The zero-order valence-electron chi connectivity index (χ0n) is 11.1. The van der Waals surface area contributed by atoms with Gasteiger partial charge in [0.15, 0.2) is 0 Å². The highest BCUT2D eigenvalue weighted by molar-refractivity contribution is 7.89. The molecular formula is C12H17N3O4S. The number of rotatable bonds is 5. The number of nitrogens with one attached hydrogen (secondary N) is 1. The second-order valence-corrected chi connectivity index (χ2v) is 6.63. The van der Waals surface area contributed by atoms with Gasteiger partial charge in [0.1, 0.15) is 16.8 Å². The molecular weight excluding hydrogens is 282 g/mol. The van der Waals surface area contributed by atoms with E-state index < -0.39 is 22.0 Å². The molecule has 0 amide bonds. The van der Waals surface area contributed by atoms with Gasteiger partial charge in [-0.25, -0.2) is 13.4 Å². The van der Waals surface area contributed by atoms with Crippen LogP contribution in [0.25, 0.3) is 0 Å². The number of hydrogen-bond acceptors (Lipinski definition) is 5. The molecule has 2 heterocycles. The second kappa shape index (κ2) is 5.76. The molecule has 8 heteroatoms. The van der Waals surface area contributed by atoms with E-state index in [2.05, 4.69) is 10.3 Å². The number of aliphatic carboxylic acids is 1. The van der Waals surface area contributed by atoms with Crippen LogP contribution < -0.4 is 5.32 Å². The molecule has 1 atom stereocenters. The van der Waals surface area contributed by atoms with Crippen molar-refractivity contribution in [3.63, 3.8) is 0 Å². The molecule has 1 aliphatic rings.